The van der Waals surface area contributed by atoms with Crippen LogP contribution in [0.1, 0.15) is 19.4 Å². The van der Waals surface area contributed by atoms with E-state index in [9.17, 15) is 4.79 Å². The fourth-order valence-electron chi connectivity index (χ4n) is 3.23. The van der Waals surface area contributed by atoms with Crippen LogP contribution in [0.5, 0.6) is 0 Å². The molecule has 0 spiro atoms. The molecule has 0 N–H and O–H groups in total. The Morgan fingerprint density at radius 2 is 1.48 bits per heavy atom. The number of anilines is 1. The molecule has 4 heteroatoms. The summed E-state index contributed by atoms with van der Waals surface area (Å²) >= 11 is 0. The maximum Gasteiger partial charge on any atom is 0.320 e. The molecule has 0 aromatic heterocycles. The van der Waals surface area contributed by atoms with Gasteiger partial charge in [-0.1, -0.05) is 48.5 Å². The van der Waals surface area contributed by atoms with Crippen molar-refractivity contribution in [2.24, 2.45) is 0 Å². The SMILES string of the molecule is CC(C)N(Cc1ccccc1)C(=O)N1CCN(c2ccccc2)CC1. The zero-order chi connectivity index (χ0) is 17.6. The molecule has 0 saturated carbocycles. The summed E-state index contributed by atoms with van der Waals surface area (Å²) in [5.41, 5.74) is 2.41. The van der Waals surface area contributed by atoms with Crippen LogP contribution in [0.15, 0.2) is 60.7 Å². The van der Waals surface area contributed by atoms with Gasteiger partial charge in [0.2, 0.25) is 0 Å². The number of amides is 2. The average molecular weight is 337 g/mol. The predicted molar refractivity (Wildman–Crippen MR) is 103 cm³/mol. The Morgan fingerprint density at radius 3 is 2.04 bits per heavy atom. The van der Waals surface area contributed by atoms with Crippen LogP contribution in [0.25, 0.3) is 0 Å². The minimum atomic E-state index is 0.145. The highest BCUT2D eigenvalue weighted by molar-refractivity contribution is 5.75. The van der Waals surface area contributed by atoms with Crippen molar-refractivity contribution in [1.29, 1.82) is 0 Å². The summed E-state index contributed by atoms with van der Waals surface area (Å²) in [6, 6.07) is 21.0. The number of carbonyl (C=O) groups is 1. The first-order valence-corrected chi connectivity index (χ1v) is 9.04. The lowest BCUT2D eigenvalue weighted by Crippen LogP contribution is -2.54. The number of carbonyl (C=O) groups excluding carboxylic acids is 1. The Kier molecular flexibility index (Phi) is 5.59. The molecule has 1 fully saturated rings. The van der Waals surface area contributed by atoms with E-state index in [1.54, 1.807) is 0 Å². The average Bonchev–Trinajstić information content (AvgIpc) is 2.67. The lowest BCUT2D eigenvalue weighted by molar-refractivity contribution is 0.134. The van der Waals surface area contributed by atoms with Crippen LogP contribution >= 0.6 is 0 Å². The molecule has 0 radical (unpaired) electrons. The van der Waals surface area contributed by atoms with Gasteiger partial charge in [-0.2, -0.15) is 0 Å². The third-order valence-electron chi connectivity index (χ3n) is 4.74. The molecule has 2 aromatic rings. The zero-order valence-electron chi connectivity index (χ0n) is 15.1. The molecular weight excluding hydrogens is 310 g/mol. The molecule has 0 bridgehead atoms. The normalized spacial score (nSPS) is 14.7. The van der Waals surface area contributed by atoms with E-state index in [4.69, 9.17) is 0 Å². The van der Waals surface area contributed by atoms with Crippen molar-refractivity contribution in [3.63, 3.8) is 0 Å². The van der Waals surface area contributed by atoms with Crippen molar-refractivity contribution in [3.05, 3.63) is 66.2 Å². The molecule has 25 heavy (non-hydrogen) atoms. The van der Waals surface area contributed by atoms with Crippen molar-refractivity contribution in [3.8, 4) is 0 Å². The number of hydrogen-bond acceptors (Lipinski definition) is 2. The van der Waals surface area contributed by atoms with E-state index in [0.717, 1.165) is 26.2 Å². The van der Waals surface area contributed by atoms with Crippen LogP contribution in [0.3, 0.4) is 0 Å². The maximum atomic E-state index is 13.0. The molecule has 4 nitrogen and oxygen atoms in total. The van der Waals surface area contributed by atoms with E-state index in [0.29, 0.717) is 6.54 Å². The molecule has 3 rings (SSSR count). The third kappa shape index (κ3) is 4.32. The number of para-hydroxylation sites is 1. The van der Waals surface area contributed by atoms with Gasteiger partial charge in [-0.3, -0.25) is 0 Å². The Morgan fingerprint density at radius 1 is 0.920 bits per heavy atom. The van der Waals surface area contributed by atoms with Gasteiger partial charge >= 0.3 is 6.03 Å². The van der Waals surface area contributed by atoms with Gasteiger partial charge in [0.1, 0.15) is 0 Å². The second-order valence-electron chi connectivity index (χ2n) is 6.80. The number of hydrogen-bond donors (Lipinski definition) is 0. The second-order valence-corrected chi connectivity index (χ2v) is 6.80. The van der Waals surface area contributed by atoms with Crippen LogP contribution in [0.2, 0.25) is 0 Å². The summed E-state index contributed by atoms with van der Waals surface area (Å²) in [6.45, 7) is 8.13. The summed E-state index contributed by atoms with van der Waals surface area (Å²) in [7, 11) is 0. The van der Waals surface area contributed by atoms with E-state index < -0.39 is 0 Å². The molecule has 1 heterocycles. The van der Waals surface area contributed by atoms with Crippen molar-refractivity contribution in [2.45, 2.75) is 26.4 Å². The summed E-state index contributed by atoms with van der Waals surface area (Å²) < 4.78 is 0. The van der Waals surface area contributed by atoms with E-state index in [1.807, 2.05) is 34.1 Å². The molecule has 2 amide bonds. The van der Waals surface area contributed by atoms with Gasteiger partial charge in [0.25, 0.3) is 0 Å². The highest BCUT2D eigenvalue weighted by Gasteiger charge is 2.26. The largest absolute Gasteiger partial charge is 0.368 e. The maximum absolute atomic E-state index is 13.0. The summed E-state index contributed by atoms with van der Waals surface area (Å²) in [5, 5.41) is 0. The van der Waals surface area contributed by atoms with Gasteiger partial charge in [-0.05, 0) is 31.5 Å². The Balaban J connectivity index is 1.62. The van der Waals surface area contributed by atoms with Crippen molar-refractivity contribution in [1.82, 2.24) is 9.80 Å². The third-order valence-corrected chi connectivity index (χ3v) is 4.74. The predicted octanol–water partition coefficient (Wildman–Crippen LogP) is 3.84. The van der Waals surface area contributed by atoms with Crippen LogP contribution in [0, 0.1) is 0 Å². The van der Waals surface area contributed by atoms with Crippen LogP contribution in [-0.4, -0.2) is 48.1 Å². The highest BCUT2D eigenvalue weighted by atomic mass is 16.2. The van der Waals surface area contributed by atoms with Gasteiger partial charge in [0.05, 0.1) is 0 Å². The first kappa shape index (κ1) is 17.3. The van der Waals surface area contributed by atoms with Gasteiger partial charge in [-0.15, -0.1) is 0 Å². The van der Waals surface area contributed by atoms with E-state index in [-0.39, 0.29) is 12.1 Å². The molecule has 1 aliphatic rings. The molecule has 2 aromatic carbocycles. The van der Waals surface area contributed by atoms with Crippen molar-refractivity contribution in [2.75, 3.05) is 31.1 Å². The zero-order valence-corrected chi connectivity index (χ0v) is 15.1. The topological polar surface area (TPSA) is 26.8 Å². The lowest BCUT2D eigenvalue weighted by Gasteiger charge is -2.39. The Hall–Kier alpha value is -2.49. The number of rotatable bonds is 4. The smallest absolute Gasteiger partial charge is 0.320 e. The quantitative estimate of drug-likeness (QED) is 0.847. The molecule has 1 saturated heterocycles. The van der Waals surface area contributed by atoms with Crippen molar-refractivity contribution < 1.29 is 4.79 Å². The van der Waals surface area contributed by atoms with Gasteiger partial charge in [-0.25, -0.2) is 4.79 Å². The molecule has 1 aliphatic heterocycles. The first-order valence-electron chi connectivity index (χ1n) is 9.04. The summed E-state index contributed by atoms with van der Waals surface area (Å²) in [6.07, 6.45) is 0. The number of benzene rings is 2. The number of piperazine rings is 1. The van der Waals surface area contributed by atoms with Gasteiger partial charge < -0.3 is 14.7 Å². The standard InChI is InChI=1S/C21H27N3O/c1-18(2)24(17-19-9-5-3-6-10-19)21(25)23-15-13-22(14-16-23)20-11-7-4-8-12-20/h3-12,18H,13-17H2,1-2H3. The fourth-order valence-corrected chi connectivity index (χ4v) is 3.23. The lowest BCUT2D eigenvalue weighted by atomic mass is 10.2. The summed E-state index contributed by atoms with van der Waals surface area (Å²) in [5.74, 6) is 0. The monoisotopic (exact) mass is 337 g/mol. The molecule has 132 valence electrons. The number of urea groups is 1. The molecular formula is C21H27N3O. The number of nitrogens with zero attached hydrogens (tertiary/aromatic N) is 3. The summed E-state index contributed by atoms with van der Waals surface area (Å²) in [4.78, 5) is 19.3. The molecule has 0 unspecified atom stereocenters. The highest BCUT2D eigenvalue weighted by Crippen LogP contribution is 2.18. The van der Waals surface area contributed by atoms with Crippen LogP contribution in [0.4, 0.5) is 10.5 Å². The second kappa shape index (κ2) is 8.06. The van der Waals surface area contributed by atoms with Crippen LogP contribution < -0.4 is 4.90 Å². The molecule has 0 atom stereocenters. The van der Waals surface area contributed by atoms with Crippen LogP contribution in [-0.2, 0) is 6.54 Å². The molecule has 0 aliphatic carbocycles. The van der Waals surface area contributed by atoms with E-state index in [1.165, 1.54) is 11.3 Å². The minimum Gasteiger partial charge on any atom is -0.368 e. The van der Waals surface area contributed by atoms with Gasteiger partial charge in [0.15, 0.2) is 0 Å². The first-order chi connectivity index (χ1) is 12.1. The Bertz CT molecular complexity index is 664. The van der Waals surface area contributed by atoms with E-state index in [2.05, 4.69) is 55.1 Å². The fraction of sp³-hybridized carbons (Fsp3) is 0.381. The minimum absolute atomic E-state index is 0.145. The Labute approximate surface area is 150 Å². The van der Waals surface area contributed by atoms with Gasteiger partial charge in [0, 0.05) is 44.5 Å². The van der Waals surface area contributed by atoms with Crippen molar-refractivity contribution >= 4 is 11.7 Å². The van der Waals surface area contributed by atoms with E-state index >= 15 is 0 Å².